The Bertz CT molecular complexity index is 996. The zero-order chi connectivity index (χ0) is 19.1. The van der Waals surface area contributed by atoms with Crippen molar-refractivity contribution in [3.8, 4) is 5.69 Å². The molecule has 4 nitrogen and oxygen atoms in total. The third-order valence-corrected chi connectivity index (χ3v) is 6.88. The van der Waals surface area contributed by atoms with Crippen LogP contribution in [0.2, 0.25) is 0 Å². The smallest absolute Gasteiger partial charge is 0.160 e. The first kappa shape index (κ1) is 17.6. The van der Waals surface area contributed by atoms with Crippen LogP contribution in [0.5, 0.6) is 0 Å². The van der Waals surface area contributed by atoms with E-state index in [9.17, 15) is 0 Å². The summed E-state index contributed by atoms with van der Waals surface area (Å²) in [4.78, 5) is 12.4. The van der Waals surface area contributed by atoms with Gasteiger partial charge in [0.25, 0.3) is 0 Å². The highest BCUT2D eigenvalue weighted by molar-refractivity contribution is 8.14. The number of benzene rings is 1. The number of rotatable bonds is 4. The van der Waals surface area contributed by atoms with Crippen molar-refractivity contribution in [3.05, 3.63) is 83.9 Å². The van der Waals surface area contributed by atoms with E-state index in [2.05, 4.69) is 82.9 Å². The molecule has 5 heteroatoms. The molecular formula is C23H24N4S. The lowest BCUT2D eigenvalue weighted by atomic mass is 9.99. The molecule has 0 spiro atoms. The molecule has 5 rings (SSSR count). The van der Waals surface area contributed by atoms with E-state index in [1.54, 1.807) is 0 Å². The van der Waals surface area contributed by atoms with Crippen LogP contribution in [0.3, 0.4) is 0 Å². The number of nitrogens with zero attached hydrogens (tertiary/aromatic N) is 4. The first-order valence-corrected chi connectivity index (χ1v) is 10.9. The number of hydrogen-bond donors (Lipinski definition) is 0. The minimum atomic E-state index is 0.0230. The molecular weight excluding hydrogens is 364 g/mol. The maximum absolute atomic E-state index is 5.15. The van der Waals surface area contributed by atoms with E-state index < -0.39 is 0 Å². The van der Waals surface area contributed by atoms with Crippen LogP contribution in [-0.4, -0.2) is 31.4 Å². The first-order chi connectivity index (χ1) is 13.8. The van der Waals surface area contributed by atoms with Gasteiger partial charge in [-0.2, -0.15) is 0 Å². The van der Waals surface area contributed by atoms with Crippen LogP contribution in [0.1, 0.15) is 42.5 Å². The third kappa shape index (κ3) is 2.76. The maximum Gasteiger partial charge on any atom is 0.160 e. The molecule has 0 bridgehead atoms. The van der Waals surface area contributed by atoms with Gasteiger partial charge >= 0.3 is 0 Å². The minimum absolute atomic E-state index is 0.0230. The van der Waals surface area contributed by atoms with Gasteiger partial charge in [-0.05, 0) is 49.7 Å². The van der Waals surface area contributed by atoms with E-state index in [1.165, 1.54) is 22.2 Å². The van der Waals surface area contributed by atoms with E-state index >= 15 is 0 Å². The molecule has 3 aromatic rings. The van der Waals surface area contributed by atoms with Gasteiger partial charge in [0.2, 0.25) is 0 Å². The summed E-state index contributed by atoms with van der Waals surface area (Å²) < 4.78 is 2.38. The minimum Gasteiger partial charge on any atom is -0.337 e. The van der Waals surface area contributed by atoms with Crippen molar-refractivity contribution in [2.24, 2.45) is 4.99 Å². The Morgan fingerprint density at radius 2 is 1.86 bits per heavy atom. The number of amidine groups is 1. The average molecular weight is 389 g/mol. The summed E-state index contributed by atoms with van der Waals surface area (Å²) in [6.45, 7) is 4.46. The molecule has 0 saturated carbocycles. The van der Waals surface area contributed by atoms with E-state index in [4.69, 9.17) is 4.99 Å². The van der Waals surface area contributed by atoms with Gasteiger partial charge in [-0.15, -0.1) is 0 Å². The summed E-state index contributed by atoms with van der Waals surface area (Å²) >= 11 is 1.89. The SMILES string of the molecule is CC[C@@H]1CSC2=N[C@H](c3ccccn3)[C@@H](c3ccc(C)n3-c3ccccc3)N21. The molecule has 1 fully saturated rings. The summed E-state index contributed by atoms with van der Waals surface area (Å²) in [5, 5.41) is 1.17. The maximum atomic E-state index is 5.15. The number of aryl methyl sites for hydroxylation is 1. The van der Waals surface area contributed by atoms with Gasteiger partial charge < -0.3 is 9.47 Å². The van der Waals surface area contributed by atoms with Gasteiger partial charge in [0, 0.05) is 35.1 Å². The summed E-state index contributed by atoms with van der Waals surface area (Å²) in [7, 11) is 0. The molecule has 1 saturated heterocycles. The number of aliphatic imine (C=N–C) groups is 1. The number of thioether (sulfide) groups is 1. The van der Waals surface area contributed by atoms with Crippen LogP contribution in [0.25, 0.3) is 5.69 Å². The van der Waals surface area contributed by atoms with Gasteiger partial charge in [-0.1, -0.05) is 43.0 Å². The molecule has 28 heavy (non-hydrogen) atoms. The molecule has 0 radical (unpaired) electrons. The van der Waals surface area contributed by atoms with Crippen molar-refractivity contribution in [1.82, 2.24) is 14.5 Å². The van der Waals surface area contributed by atoms with Crippen LogP contribution in [-0.2, 0) is 0 Å². The molecule has 4 heterocycles. The lowest BCUT2D eigenvalue weighted by Gasteiger charge is -2.32. The standard InChI is InChI=1S/C23H24N4S/c1-3-17-15-28-23-25-21(19-11-7-8-14-24-19)22(27(17)23)20-13-12-16(2)26(20)18-9-5-4-6-10-18/h4-14,17,21-22H,3,15H2,1-2H3/t17-,21-,22-/m1/s1. The Morgan fingerprint density at radius 3 is 2.61 bits per heavy atom. The highest BCUT2D eigenvalue weighted by Gasteiger charge is 2.46. The van der Waals surface area contributed by atoms with Gasteiger partial charge in [0.1, 0.15) is 12.1 Å². The summed E-state index contributed by atoms with van der Waals surface area (Å²) in [6, 6.07) is 22.0. The Kier molecular flexibility index (Phi) is 4.47. The van der Waals surface area contributed by atoms with Crippen molar-refractivity contribution in [3.63, 3.8) is 0 Å². The van der Waals surface area contributed by atoms with Crippen LogP contribution < -0.4 is 0 Å². The molecule has 1 aromatic carbocycles. The Morgan fingerprint density at radius 1 is 1.04 bits per heavy atom. The monoisotopic (exact) mass is 388 g/mol. The number of hydrogen-bond acceptors (Lipinski definition) is 4. The Labute approximate surface area is 170 Å². The lowest BCUT2D eigenvalue weighted by Crippen LogP contribution is -2.36. The first-order valence-electron chi connectivity index (χ1n) is 9.91. The summed E-state index contributed by atoms with van der Waals surface area (Å²) in [5.74, 6) is 1.12. The predicted octanol–water partition coefficient (Wildman–Crippen LogP) is 5.16. The second-order valence-electron chi connectivity index (χ2n) is 7.41. The van der Waals surface area contributed by atoms with Crippen LogP contribution in [0, 0.1) is 6.92 Å². The average Bonchev–Trinajstić information content (AvgIpc) is 3.42. The zero-order valence-corrected chi connectivity index (χ0v) is 17.0. The second kappa shape index (κ2) is 7.13. The molecule has 0 amide bonds. The van der Waals surface area contributed by atoms with E-state index in [0.717, 1.165) is 17.9 Å². The fraction of sp³-hybridized carbons (Fsp3) is 0.304. The largest absolute Gasteiger partial charge is 0.337 e. The number of pyridine rings is 1. The highest BCUT2D eigenvalue weighted by atomic mass is 32.2. The predicted molar refractivity (Wildman–Crippen MR) is 116 cm³/mol. The van der Waals surface area contributed by atoms with Crippen molar-refractivity contribution in [2.75, 3.05) is 5.75 Å². The van der Waals surface area contributed by atoms with Crippen LogP contribution >= 0.6 is 11.8 Å². The summed E-state index contributed by atoms with van der Waals surface area (Å²) in [5.41, 5.74) is 4.78. The number of fused-ring (bicyclic) bond motifs is 1. The second-order valence-corrected chi connectivity index (χ2v) is 8.39. The van der Waals surface area contributed by atoms with Gasteiger partial charge in [-0.3, -0.25) is 9.98 Å². The lowest BCUT2D eigenvalue weighted by molar-refractivity contribution is 0.248. The highest BCUT2D eigenvalue weighted by Crippen LogP contribution is 2.49. The molecule has 2 aliphatic rings. The van der Waals surface area contributed by atoms with Crippen molar-refractivity contribution in [1.29, 1.82) is 0 Å². The molecule has 0 aliphatic carbocycles. The number of aromatic nitrogens is 2. The van der Waals surface area contributed by atoms with Crippen LogP contribution in [0.15, 0.2) is 71.9 Å². The quantitative estimate of drug-likeness (QED) is 0.619. The van der Waals surface area contributed by atoms with E-state index in [-0.39, 0.29) is 12.1 Å². The van der Waals surface area contributed by atoms with E-state index in [1.807, 2.05) is 24.0 Å². The van der Waals surface area contributed by atoms with E-state index in [0.29, 0.717) is 6.04 Å². The van der Waals surface area contributed by atoms with Crippen LogP contribution in [0.4, 0.5) is 0 Å². The third-order valence-electron chi connectivity index (χ3n) is 5.75. The molecule has 2 aromatic heterocycles. The molecule has 0 unspecified atom stereocenters. The zero-order valence-electron chi connectivity index (χ0n) is 16.2. The van der Waals surface area contributed by atoms with Crippen molar-refractivity contribution >= 4 is 16.9 Å². The molecule has 2 aliphatic heterocycles. The Balaban J connectivity index is 1.66. The van der Waals surface area contributed by atoms with Crippen molar-refractivity contribution < 1.29 is 0 Å². The fourth-order valence-corrected chi connectivity index (χ4v) is 5.73. The fourth-order valence-electron chi connectivity index (χ4n) is 4.39. The molecule has 142 valence electrons. The molecule has 3 atom stereocenters. The van der Waals surface area contributed by atoms with Gasteiger partial charge in [-0.25, -0.2) is 0 Å². The summed E-state index contributed by atoms with van der Waals surface area (Å²) in [6.07, 6.45) is 3.00. The molecule has 0 N–H and O–H groups in total. The van der Waals surface area contributed by atoms with Crippen molar-refractivity contribution in [2.45, 2.75) is 38.4 Å². The normalized spacial score (nSPS) is 23.7. The van der Waals surface area contributed by atoms with Gasteiger partial charge in [0.15, 0.2) is 5.17 Å². The Hall–Kier alpha value is -2.53. The topological polar surface area (TPSA) is 33.4 Å². The van der Waals surface area contributed by atoms with Gasteiger partial charge in [0.05, 0.1) is 5.69 Å². The number of para-hydroxylation sites is 1.